The van der Waals surface area contributed by atoms with Gasteiger partial charge in [-0.3, -0.25) is 4.79 Å². The predicted octanol–water partition coefficient (Wildman–Crippen LogP) is 3.13. The SMILES string of the molecule is CCC(CBr)Cn1c(=O)c(C)nc2ccccc21. The molecule has 96 valence electrons. The molecule has 0 radical (unpaired) electrons. The van der Waals surface area contributed by atoms with E-state index in [9.17, 15) is 4.79 Å². The topological polar surface area (TPSA) is 34.9 Å². The van der Waals surface area contributed by atoms with Crippen LogP contribution in [0, 0.1) is 12.8 Å². The highest BCUT2D eigenvalue weighted by Crippen LogP contribution is 2.14. The van der Waals surface area contributed by atoms with Crippen LogP contribution in [-0.2, 0) is 6.54 Å². The number of alkyl halides is 1. The Morgan fingerprint density at radius 2 is 2.11 bits per heavy atom. The van der Waals surface area contributed by atoms with Crippen molar-refractivity contribution >= 4 is 27.0 Å². The minimum absolute atomic E-state index is 0.0214. The summed E-state index contributed by atoms with van der Waals surface area (Å²) in [5.41, 5.74) is 2.40. The number of aromatic nitrogens is 2. The van der Waals surface area contributed by atoms with E-state index in [1.807, 2.05) is 28.8 Å². The predicted molar refractivity (Wildman–Crippen MR) is 78.3 cm³/mol. The summed E-state index contributed by atoms with van der Waals surface area (Å²) in [7, 11) is 0. The van der Waals surface area contributed by atoms with E-state index < -0.39 is 0 Å². The normalized spacial score (nSPS) is 12.8. The van der Waals surface area contributed by atoms with E-state index in [1.165, 1.54) is 0 Å². The third-order valence-electron chi connectivity index (χ3n) is 3.25. The molecule has 0 N–H and O–H groups in total. The Hall–Kier alpha value is -1.16. The Morgan fingerprint density at radius 3 is 2.78 bits per heavy atom. The quantitative estimate of drug-likeness (QED) is 0.813. The van der Waals surface area contributed by atoms with Crippen molar-refractivity contribution in [1.29, 1.82) is 0 Å². The lowest BCUT2D eigenvalue weighted by Crippen LogP contribution is -2.27. The van der Waals surface area contributed by atoms with E-state index in [-0.39, 0.29) is 5.56 Å². The maximum Gasteiger partial charge on any atom is 0.272 e. The van der Waals surface area contributed by atoms with Crippen LogP contribution < -0.4 is 5.56 Å². The first-order valence-corrected chi connectivity index (χ1v) is 7.31. The summed E-state index contributed by atoms with van der Waals surface area (Å²) in [5.74, 6) is 0.466. The second-order valence-electron chi connectivity index (χ2n) is 4.53. The molecule has 0 fully saturated rings. The molecule has 0 aliphatic heterocycles. The molecular weight excluding hydrogens is 292 g/mol. The van der Waals surface area contributed by atoms with Crippen LogP contribution in [0.3, 0.4) is 0 Å². The molecule has 0 saturated carbocycles. The van der Waals surface area contributed by atoms with Gasteiger partial charge in [0, 0.05) is 11.9 Å². The van der Waals surface area contributed by atoms with Gasteiger partial charge in [-0.2, -0.15) is 0 Å². The maximum atomic E-state index is 12.2. The fourth-order valence-corrected chi connectivity index (χ4v) is 2.71. The van der Waals surface area contributed by atoms with Gasteiger partial charge in [0.2, 0.25) is 0 Å². The van der Waals surface area contributed by atoms with Gasteiger partial charge in [-0.25, -0.2) is 4.98 Å². The Bertz CT molecular complexity index is 602. The highest BCUT2D eigenvalue weighted by molar-refractivity contribution is 9.09. The molecule has 2 rings (SSSR count). The molecule has 0 aliphatic rings. The molecule has 3 nitrogen and oxygen atoms in total. The number of halogens is 1. The fourth-order valence-electron chi connectivity index (χ4n) is 2.05. The number of aryl methyl sites for hydroxylation is 1. The zero-order valence-electron chi connectivity index (χ0n) is 10.7. The zero-order chi connectivity index (χ0) is 13.1. The highest BCUT2D eigenvalue weighted by atomic mass is 79.9. The van der Waals surface area contributed by atoms with Gasteiger partial charge in [0.15, 0.2) is 0 Å². The van der Waals surface area contributed by atoms with E-state index in [4.69, 9.17) is 0 Å². The summed E-state index contributed by atoms with van der Waals surface area (Å²) in [6.07, 6.45) is 1.05. The van der Waals surface area contributed by atoms with Crippen LogP contribution >= 0.6 is 15.9 Å². The van der Waals surface area contributed by atoms with Gasteiger partial charge in [0.1, 0.15) is 5.69 Å². The summed E-state index contributed by atoms with van der Waals surface area (Å²) >= 11 is 3.51. The number of hydrogen-bond acceptors (Lipinski definition) is 2. The fraction of sp³-hybridized carbons (Fsp3) is 0.429. The van der Waals surface area contributed by atoms with Crippen LogP contribution in [-0.4, -0.2) is 14.9 Å². The van der Waals surface area contributed by atoms with E-state index in [0.29, 0.717) is 11.6 Å². The average molecular weight is 309 g/mol. The van der Waals surface area contributed by atoms with Crippen LogP contribution in [0.5, 0.6) is 0 Å². The maximum absolute atomic E-state index is 12.2. The van der Waals surface area contributed by atoms with Crippen molar-refractivity contribution in [3.05, 3.63) is 40.3 Å². The van der Waals surface area contributed by atoms with Gasteiger partial charge < -0.3 is 4.57 Å². The van der Waals surface area contributed by atoms with Crippen molar-refractivity contribution in [3.63, 3.8) is 0 Å². The molecule has 4 heteroatoms. The Balaban J connectivity index is 2.60. The van der Waals surface area contributed by atoms with Crippen molar-refractivity contribution < 1.29 is 0 Å². The minimum atomic E-state index is 0.0214. The van der Waals surface area contributed by atoms with E-state index in [1.54, 1.807) is 6.92 Å². The first-order valence-electron chi connectivity index (χ1n) is 6.19. The Morgan fingerprint density at radius 1 is 1.39 bits per heavy atom. The summed E-state index contributed by atoms with van der Waals surface area (Å²) < 4.78 is 1.85. The van der Waals surface area contributed by atoms with Crippen LogP contribution in [0.15, 0.2) is 29.1 Å². The molecule has 1 aromatic heterocycles. The summed E-state index contributed by atoms with van der Waals surface area (Å²) in [5, 5.41) is 0.908. The lowest BCUT2D eigenvalue weighted by Gasteiger charge is -2.16. The van der Waals surface area contributed by atoms with Crippen molar-refractivity contribution in [2.75, 3.05) is 5.33 Å². The van der Waals surface area contributed by atoms with Gasteiger partial charge >= 0.3 is 0 Å². The first kappa shape index (κ1) is 13.3. The van der Waals surface area contributed by atoms with Crippen LogP contribution in [0.25, 0.3) is 11.0 Å². The number of rotatable bonds is 4. The largest absolute Gasteiger partial charge is 0.305 e. The van der Waals surface area contributed by atoms with Crippen molar-refractivity contribution in [2.24, 2.45) is 5.92 Å². The lowest BCUT2D eigenvalue weighted by atomic mass is 10.1. The molecule has 18 heavy (non-hydrogen) atoms. The third-order valence-corrected chi connectivity index (χ3v) is 4.17. The van der Waals surface area contributed by atoms with Crippen molar-refractivity contribution in [3.8, 4) is 0 Å². The van der Waals surface area contributed by atoms with Gasteiger partial charge in [-0.05, 0) is 25.0 Å². The molecule has 0 spiro atoms. The highest BCUT2D eigenvalue weighted by Gasteiger charge is 2.11. The smallest absolute Gasteiger partial charge is 0.272 e. The molecular formula is C14H17BrN2O. The summed E-state index contributed by atoms with van der Waals surface area (Å²) in [6, 6.07) is 7.81. The molecule has 2 aromatic rings. The summed E-state index contributed by atoms with van der Waals surface area (Å²) in [4.78, 5) is 16.6. The molecule has 1 heterocycles. The molecule has 1 unspecified atom stereocenters. The number of nitrogens with zero attached hydrogens (tertiary/aromatic N) is 2. The van der Waals surface area contributed by atoms with E-state index in [0.717, 1.165) is 29.3 Å². The first-order chi connectivity index (χ1) is 8.67. The standard InChI is InChI=1S/C14H17BrN2O/c1-3-11(8-15)9-17-13-7-5-4-6-12(13)16-10(2)14(17)18/h4-7,11H,3,8-9H2,1-2H3. The van der Waals surface area contributed by atoms with Gasteiger partial charge in [0.25, 0.3) is 5.56 Å². The number of benzene rings is 1. The van der Waals surface area contributed by atoms with Crippen LogP contribution in [0.4, 0.5) is 0 Å². The molecule has 1 atom stereocenters. The molecule has 0 amide bonds. The second kappa shape index (κ2) is 5.65. The van der Waals surface area contributed by atoms with Crippen LogP contribution in [0.2, 0.25) is 0 Å². The van der Waals surface area contributed by atoms with Crippen molar-refractivity contribution in [2.45, 2.75) is 26.8 Å². The van der Waals surface area contributed by atoms with Gasteiger partial charge in [-0.15, -0.1) is 0 Å². The minimum Gasteiger partial charge on any atom is -0.305 e. The zero-order valence-corrected chi connectivity index (χ0v) is 12.3. The van der Waals surface area contributed by atoms with Crippen LogP contribution in [0.1, 0.15) is 19.0 Å². The molecule has 0 bridgehead atoms. The van der Waals surface area contributed by atoms with E-state index >= 15 is 0 Å². The molecule has 0 aliphatic carbocycles. The Kier molecular flexibility index (Phi) is 4.17. The van der Waals surface area contributed by atoms with Gasteiger partial charge in [-0.1, -0.05) is 41.4 Å². The third kappa shape index (κ3) is 2.48. The lowest BCUT2D eigenvalue weighted by molar-refractivity contribution is 0.477. The van der Waals surface area contributed by atoms with E-state index in [2.05, 4.69) is 27.8 Å². The average Bonchev–Trinajstić information content (AvgIpc) is 2.40. The molecule has 1 aromatic carbocycles. The number of para-hydroxylation sites is 2. The van der Waals surface area contributed by atoms with Gasteiger partial charge in [0.05, 0.1) is 11.0 Å². The van der Waals surface area contributed by atoms with Crippen molar-refractivity contribution in [1.82, 2.24) is 9.55 Å². The monoisotopic (exact) mass is 308 g/mol. The number of hydrogen-bond donors (Lipinski definition) is 0. The second-order valence-corrected chi connectivity index (χ2v) is 5.18. The number of fused-ring (bicyclic) bond motifs is 1. The Labute approximate surface area is 115 Å². The summed E-state index contributed by atoms with van der Waals surface area (Å²) in [6.45, 7) is 4.66. The molecule has 0 saturated heterocycles.